The fourth-order valence-corrected chi connectivity index (χ4v) is 2.65. The number of amides is 1. The average molecular weight is 315 g/mol. The van der Waals surface area contributed by atoms with E-state index in [9.17, 15) is 4.79 Å². The summed E-state index contributed by atoms with van der Waals surface area (Å²) in [6, 6.07) is 2.24. The molecule has 0 aliphatic carbocycles. The van der Waals surface area contributed by atoms with Crippen LogP contribution in [0.4, 0.5) is 11.6 Å². The van der Waals surface area contributed by atoms with Crippen LogP contribution in [0.15, 0.2) is 24.9 Å². The highest BCUT2D eigenvalue weighted by molar-refractivity contribution is 5.92. The monoisotopic (exact) mass is 315 g/mol. The van der Waals surface area contributed by atoms with Gasteiger partial charge in [-0.05, 0) is 12.8 Å². The summed E-state index contributed by atoms with van der Waals surface area (Å²) >= 11 is 0. The van der Waals surface area contributed by atoms with Crippen molar-refractivity contribution in [2.45, 2.75) is 18.9 Å². The smallest absolute Gasteiger partial charge is 0.271 e. The Balaban J connectivity index is 1.55. The molecule has 1 aliphatic rings. The highest BCUT2D eigenvalue weighted by Crippen LogP contribution is 2.18. The first-order valence-electron chi connectivity index (χ1n) is 7.67. The molecule has 0 bridgehead atoms. The summed E-state index contributed by atoms with van der Waals surface area (Å²) in [6.07, 6.45) is 6.44. The van der Waals surface area contributed by atoms with Crippen molar-refractivity contribution in [3.8, 4) is 0 Å². The van der Waals surface area contributed by atoms with Gasteiger partial charge < -0.3 is 20.1 Å². The lowest BCUT2D eigenvalue weighted by molar-refractivity contribution is 0.0713. The third-order valence-electron chi connectivity index (χ3n) is 3.97. The second-order valence-electron chi connectivity index (χ2n) is 5.83. The van der Waals surface area contributed by atoms with Crippen LogP contribution in [-0.2, 0) is 0 Å². The zero-order valence-electron chi connectivity index (χ0n) is 13.4. The molecule has 2 aromatic rings. The number of aromatic amines is 1. The molecule has 0 atom stereocenters. The highest BCUT2D eigenvalue weighted by Gasteiger charge is 2.24. The fraction of sp³-hybridized carbons (Fsp3) is 0.467. The van der Waals surface area contributed by atoms with Crippen LogP contribution < -0.4 is 10.2 Å². The molecule has 2 aromatic heterocycles. The molecule has 0 unspecified atom stereocenters. The number of carbonyl (C=O) groups excluding carboxylic acids is 1. The van der Waals surface area contributed by atoms with Crippen LogP contribution in [-0.4, -0.2) is 64.0 Å². The van der Waals surface area contributed by atoms with E-state index in [0.29, 0.717) is 11.7 Å². The number of carbonyl (C=O) groups is 1. The van der Waals surface area contributed by atoms with Crippen molar-refractivity contribution in [3.63, 3.8) is 0 Å². The molecule has 0 aromatic carbocycles. The SMILES string of the molecule is CN(C)c1cc(NC2CCN(C(=O)c3cnc[nH]3)CC2)ncn1. The zero-order chi connectivity index (χ0) is 16.2. The van der Waals surface area contributed by atoms with Crippen molar-refractivity contribution in [2.24, 2.45) is 0 Å². The Morgan fingerprint density at radius 3 is 2.78 bits per heavy atom. The predicted molar refractivity (Wildman–Crippen MR) is 87.5 cm³/mol. The van der Waals surface area contributed by atoms with Crippen molar-refractivity contribution in [1.82, 2.24) is 24.8 Å². The quantitative estimate of drug-likeness (QED) is 0.874. The van der Waals surface area contributed by atoms with Gasteiger partial charge in [-0.3, -0.25) is 4.79 Å². The molecule has 122 valence electrons. The van der Waals surface area contributed by atoms with Gasteiger partial charge in [-0.2, -0.15) is 0 Å². The van der Waals surface area contributed by atoms with Crippen molar-refractivity contribution in [1.29, 1.82) is 0 Å². The van der Waals surface area contributed by atoms with E-state index in [-0.39, 0.29) is 5.91 Å². The standard InChI is InChI=1S/C15H21N7O/c1-21(2)14-7-13(18-10-19-14)20-11-3-5-22(6-4-11)15(23)12-8-16-9-17-12/h7-11H,3-6H2,1-2H3,(H,16,17)(H,18,19,20). The number of likely N-dealkylation sites (tertiary alicyclic amines) is 1. The van der Waals surface area contributed by atoms with E-state index >= 15 is 0 Å². The van der Waals surface area contributed by atoms with E-state index in [2.05, 4.69) is 25.3 Å². The van der Waals surface area contributed by atoms with Gasteiger partial charge in [0.15, 0.2) is 0 Å². The largest absolute Gasteiger partial charge is 0.367 e. The number of hydrogen-bond acceptors (Lipinski definition) is 6. The Bertz CT molecular complexity index is 648. The Morgan fingerprint density at radius 1 is 1.35 bits per heavy atom. The molecule has 0 saturated carbocycles. The summed E-state index contributed by atoms with van der Waals surface area (Å²) in [7, 11) is 3.90. The van der Waals surface area contributed by atoms with Crippen LogP contribution in [0.1, 0.15) is 23.3 Å². The van der Waals surface area contributed by atoms with E-state index in [0.717, 1.165) is 37.6 Å². The maximum absolute atomic E-state index is 12.3. The summed E-state index contributed by atoms with van der Waals surface area (Å²) < 4.78 is 0. The normalized spacial score (nSPS) is 15.5. The van der Waals surface area contributed by atoms with Crippen molar-refractivity contribution in [3.05, 3.63) is 30.6 Å². The van der Waals surface area contributed by atoms with E-state index in [1.165, 1.54) is 6.33 Å². The second-order valence-corrected chi connectivity index (χ2v) is 5.83. The number of nitrogens with one attached hydrogen (secondary N) is 2. The minimum atomic E-state index is 0.0119. The molecular weight excluding hydrogens is 294 g/mol. The number of aromatic nitrogens is 4. The Morgan fingerprint density at radius 2 is 2.13 bits per heavy atom. The number of H-pyrrole nitrogens is 1. The van der Waals surface area contributed by atoms with Gasteiger partial charge in [0.25, 0.3) is 5.91 Å². The highest BCUT2D eigenvalue weighted by atomic mass is 16.2. The Labute approximate surface area is 135 Å². The molecule has 1 fully saturated rings. The molecule has 1 saturated heterocycles. The third-order valence-corrected chi connectivity index (χ3v) is 3.97. The van der Waals surface area contributed by atoms with Gasteiger partial charge in [0, 0.05) is 39.3 Å². The van der Waals surface area contributed by atoms with Crippen LogP contribution in [0.3, 0.4) is 0 Å². The van der Waals surface area contributed by atoms with Gasteiger partial charge in [-0.25, -0.2) is 15.0 Å². The van der Waals surface area contributed by atoms with Gasteiger partial charge in [-0.1, -0.05) is 0 Å². The minimum Gasteiger partial charge on any atom is -0.367 e. The second kappa shape index (κ2) is 6.64. The number of piperidine rings is 1. The lowest BCUT2D eigenvalue weighted by atomic mass is 10.0. The molecule has 2 N–H and O–H groups in total. The van der Waals surface area contributed by atoms with Crippen LogP contribution in [0, 0.1) is 0 Å². The summed E-state index contributed by atoms with van der Waals surface area (Å²) in [4.78, 5) is 31.3. The maximum atomic E-state index is 12.3. The topological polar surface area (TPSA) is 90.0 Å². The number of imidazole rings is 1. The van der Waals surface area contributed by atoms with Gasteiger partial charge >= 0.3 is 0 Å². The summed E-state index contributed by atoms with van der Waals surface area (Å²) in [5.74, 6) is 1.70. The van der Waals surface area contributed by atoms with Gasteiger partial charge in [0.05, 0.1) is 12.5 Å². The van der Waals surface area contributed by atoms with E-state index in [4.69, 9.17) is 0 Å². The first-order valence-corrected chi connectivity index (χ1v) is 7.67. The molecule has 8 nitrogen and oxygen atoms in total. The number of anilines is 2. The lowest BCUT2D eigenvalue weighted by Crippen LogP contribution is -2.42. The molecule has 0 radical (unpaired) electrons. The molecule has 3 heterocycles. The van der Waals surface area contributed by atoms with Crippen LogP contribution in [0.5, 0.6) is 0 Å². The van der Waals surface area contributed by atoms with Crippen molar-refractivity contribution >= 4 is 17.5 Å². The van der Waals surface area contributed by atoms with Crippen LogP contribution in [0.25, 0.3) is 0 Å². The summed E-state index contributed by atoms with van der Waals surface area (Å²) in [5, 5.41) is 3.43. The minimum absolute atomic E-state index is 0.0119. The van der Waals surface area contributed by atoms with Gasteiger partial charge in [-0.15, -0.1) is 0 Å². The van der Waals surface area contributed by atoms with Crippen LogP contribution >= 0.6 is 0 Å². The molecule has 8 heteroatoms. The van der Waals surface area contributed by atoms with Gasteiger partial charge in [0.1, 0.15) is 23.7 Å². The first kappa shape index (κ1) is 15.3. The number of nitrogens with zero attached hydrogens (tertiary/aromatic N) is 5. The molecular formula is C15H21N7O. The fourth-order valence-electron chi connectivity index (χ4n) is 2.65. The Hall–Kier alpha value is -2.64. The van der Waals surface area contributed by atoms with Gasteiger partial charge in [0.2, 0.25) is 0 Å². The number of rotatable bonds is 4. The third kappa shape index (κ3) is 3.58. The Kier molecular flexibility index (Phi) is 4.40. The first-order chi connectivity index (χ1) is 11.1. The molecule has 3 rings (SSSR count). The number of hydrogen-bond donors (Lipinski definition) is 2. The summed E-state index contributed by atoms with van der Waals surface area (Å²) in [6.45, 7) is 1.45. The average Bonchev–Trinajstić information content (AvgIpc) is 3.09. The molecule has 1 aliphatic heterocycles. The molecule has 0 spiro atoms. The predicted octanol–water partition coefficient (Wildman–Crippen LogP) is 0.982. The maximum Gasteiger partial charge on any atom is 0.271 e. The summed E-state index contributed by atoms with van der Waals surface area (Å²) in [5.41, 5.74) is 0.544. The zero-order valence-corrected chi connectivity index (χ0v) is 13.4. The molecule has 1 amide bonds. The van der Waals surface area contributed by atoms with E-state index in [1.807, 2.05) is 30.0 Å². The van der Waals surface area contributed by atoms with Crippen LogP contribution in [0.2, 0.25) is 0 Å². The van der Waals surface area contributed by atoms with Crippen molar-refractivity contribution in [2.75, 3.05) is 37.4 Å². The lowest BCUT2D eigenvalue weighted by Gasteiger charge is -2.32. The molecule has 23 heavy (non-hydrogen) atoms. The van der Waals surface area contributed by atoms with E-state index < -0.39 is 0 Å². The van der Waals surface area contributed by atoms with E-state index in [1.54, 1.807) is 12.5 Å². The van der Waals surface area contributed by atoms with Crippen molar-refractivity contribution < 1.29 is 4.79 Å².